The van der Waals surface area contributed by atoms with Gasteiger partial charge in [0, 0.05) is 87.4 Å². The first-order chi connectivity index (χ1) is 29.8. The van der Waals surface area contributed by atoms with E-state index in [-0.39, 0.29) is 48.2 Å². The number of pyridine rings is 1. The molecule has 3 saturated heterocycles. The number of likely N-dealkylation sites (tertiary alicyclic amines) is 1. The Morgan fingerprint density at radius 2 is 1.69 bits per heavy atom. The fourth-order valence-corrected chi connectivity index (χ4v) is 9.37. The summed E-state index contributed by atoms with van der Waals surface area (Å²) in [5.74, 6) is -2.95. The lowest BCUT2D eigenvalue weighted by molar-refractivity contribution is -0.134. The van der Waals surface area contributed by atoms with Gasteiger partial charge in [-0.15, -0.1) is 0 Å². The highest BCUT2D eigenvalue weighted by Gasteiger charge is 2.39. The molecule has 2 N–H and O–H groups in total. The average molecular weight is 849 g/mol. The molecule has 0 radical (unpaired) electrons. The molecule has 0 unspecified atom stereocenters. The summed E-state index contributed by atoms with van der Waals surface area (Å²) in [6.45, 7) is 7.68. The molecule has 0 saturated carbocycles. The largest absolute Gasteiger partial charge is 0.477 e. The van der Waals surface area contributed by atoms with Crippen LogP contribution in [0.3, 0.4) is 0 Å². The Morgan fingerprint density at radius 1 is 0.935 bits per heavy atom. The first kappa shape index (κ1) is 41.1. The minimum atomic E-state index is -1.03. The number of nitrogens with zero attached hydrogens (tertiary/aromatic N) is 8. The summed E-state index contributed by atoms with van der Waals surface area (Å²) in [6, 6.07) is 11.8. The lowest BCUT2D eigenvalue weighted by Gasteiger charge is -2.50. The van der Waals surface area contributed by atoms with Crippen molar-refractivity contribution in [2.45, 2.75) is 76.9 Å². The number of aromatic nitrogens is 5. The number of halogens is 2. The minimum Gasteiger partial charge on any atom is -0.477 e. The molecule has 7 heterocycles. The van der Waals surface area contributed by atoms with Crippen molar-refractivity contribution in [3.05, 3.63) is 82.7 Å². The van der Waals surface area contributed by atoms with Crippen molar-refractivity contribution in [3.63, 3.8) is 0 Å². The predicted molar refractivity (Wildman–Crippen MR) is 227 cm³/mol. The maximum Gasteiger partial charge on any atom is 0.258 e. The molecule has 15 nitrogen and oxygen atoms in total. The highest BCUT2D eigenvalue weighted by atomic mass is 19.1. The molecule has 2 atom stereocenters. The molecule has 324 valence electrons. The van der Waals surface area contributed by atoms with Crippen LogP contribution in [-0.2, 0) is 23.2 Å². The quantitative estimate of drug-likeness (QED) is 0.219. The van der Waals surface area contributed by atoms with Crippen molar-refractivity contribution >= 4 is 46.3 Å². The number of aryl methyl sites for hydroxylation is 2. The summed E-state index contributed by atoms with van der Waals surface area (Å²) in [4.78, 5) is 67.4. The third-order valence-corrected chi connectivity index (χ3v) is 12.9. The Labute approximate surface area is 357 Å². The van der Waals surface area contributed by atoms with Crippen molar-refractivity contribution in [1.29, 1.82) is 0 Å². The predicted octanol–water partition coefficient (Wildman–Crippen LogP) is 5.42. The van der Waals surface area contributed by atoms with Crippen LogP contribution >= 0.6 is 0 Å². The molecule has 5 aromatic rings. The van der Waals surface area contributed by atoms with Crippen LogP contribution in [0, 0.1) is 24.5 Å². The van der Waals surface area contributed by atoms with E-state index in [9.17, 15) is 19.2 Å². The van der Waals surface area contributed by atoms with Crippen molar-refractivity contribution in [1.82, 2.24) is 39.4 Å². The number of benzene rings is 2. The Hall–Kier alpha value is -6.23. The number of rotatable bonds is 5. The van der Waals surface area contributed by atoms with E-state index in [4.69, 9.17) is 9.72 Å². The number of imide groups is 1. The van der Waals surface area contributed by atoms with Gasteiger partial charge < -0.3 is 19.1 Å². The van der Waals surface area contributed by atoms with Gasteiger partial charge in [-0.1, -0.05) is 6.92 Å². The zero-order chi connectivity index (χ0) is 43.4. The summed E-state index contributed by atoms with van der Waals surface area (Å²) in [6.07, 6.45) is 5.04. The van der Waals surface area contributed by atoms with E-state index in [1.54, 1.807) is 34.0 Å². The molecule has 17 heteroatoms. The number of likely N-dealkylation sites (N-methyl/N-ethyl adjacent to an activating group) is 1. The molecule has 0 spiro atoms. The van der Waals surface area contributed by atoms with E-state index in [1.807, 2.05) is 42.6 Å². The number of amides is 4. The second kappa shape index (κ2) is 16.6. The third kappa shape index (κ3) is 7.89. The van der Waals surface area contributed by atoms with Gasteiger partial charge in [-0.05, 0) is 87.4 Å². The number of imidazole rings is 1. The van der Waals surface area contributed by atoms with Gasteiger partial charge in [0.2, 0.25) is 23.6 Å². The number of hydrogen-bond donors (Lipinski definition) is 2. The van der Waals surface area contributed by atoms with Gasteiger partial charge in [0.15, 0.2) is 0 Å². The number of carbonyl (C=O) groups is 4. The van der Waals surface area contributed by atoms with Gasteiger partial charge in [0.25, 0.3) is 11.8 Å². The normalized spacial score (nSPS) is 20.6. The molecule has 9 rings (SSSR count). The molecule has 2 bridgehead atoms. The topological polar surface area (TPSA) is 160 Å². The highest BCUT2D eigenvalue weighted by Crippen LogP contribution is 2.35. The van der Waals surface area contributed by atoms with Crippen LogP contribution in [0.5, 0.6) is 5.88 Å². The van der Waals surface area contributed by atoms with E-state index >= 15 is 8.78 Å². The summed E-state index contributed by atoms with van der Waals surface area (Å²) in [5, 5.41) is 9.62. The van der Waals surface area contributed by atoms with Crippen LogP contribution < -0.4 is 20.3 Å². The van der Waals surface area contributed by atoms with Crippen molar-refractivity contribution in [3.8, 4) is 17.1 Å². The molecule has 3 fully saturated rings. The zero-order valence-corrected chi connectivity index (χ0v) is 35.3. The van der Waals surface area contributed by atoms with E-state index in [0.717, 1.165) is 31.2 Å². The van der Waals surface area contributed by atoms with Gasteiger partial charge in [0.1, 0.15) is 11.6 Å². The molecule has 4 aliphatic rings. The highest BCUT2D eigenvalue weighted by molar-refractivity contribution is 6.05. The Balaban J connectivity index is 0.858. The minimum absolute atomic E-state index is 0.0134. The standard InChI is InChI=1S/C45H50F2N10O5/c1-25-6-5-15-62-44-33(21-48-54(44)4)37-17-28(16-26(2)49-37)41(59)52-45-50-36-9-7-27(18-38(36)57(45)22-25)43(61)53(3)31-23-56(24-31)29-11-13-55(14-12-29)30-19-34(46)40(35(47)20-30)32-8-10-39(58)51-42(32)60/h7,9,16-21,25,29,31-32H,5-6,8,10-15,22-24H2,1-4H3,(H,50,52,59)(H,51,58,60)/t25-,32-/m1/s1. The summed E-state index contributed by atoms with van der Waals surface area (Å²) < 4.78 is 40.4. The number of fused-ring (bicyclic) bond motifs is 7. The Morgan fingerprint density at radius 3 is 2.44 bits per heavy atom. The number of ether oxygens (including phenoxy) is 1. The van der Waals surface area contributed by atoms with E-state index in [1.165, 1.54) is 12.1 Å². The lowest BCUT2D eigenvalue weighted by atomic mass is 9.89. The van der Waals surface area contributed by atoms with Gasteiger partial charge in [-0.25, -0.2) is 18.4 Å². The molecular formula is C45H50F2N10O5. The molecule has 62 heavy (non-hydrogen) atoms. The smallest absolute Gasteiger partial charge is 0.258 e. The third-order valence-electron chi connectivity index (χ3n) is 12.9. The molecule has 4 amide bonds. The van der Waals surface area contributed by atoms with Crippen molar-refractivity contribution < 1.29 is 32.7 Å². The van der Waals surface area contributed by atoms with Crippen molar-refractivity contribution in [2.24, 2.45) is 13.0 Å². The number of nitrogens with one attached hydrogen (secondary N) is 2. The first-order valence-electron chi connectivity index (χ1n) is 21.4. The van der Waals surface area contributed by atoms with Crippen LogP contribution in [0.4, 0.5) is 20.4 Å². The van der Waals surface area contributed by atoms with Gasteiger partial charge in [-0.3, -0.25) is 39.7 Å². The van der Waals surface area contributed by atoms with E-state index < -0.39 is 29.4 Å². The van der Waals surface area contributed by atoms with Crippen LogP contribution in [0.1, 0.15) is 83.3 Å². The molecular weight excluding hydrogens is 799 g/mol. The summed E-state index contributed by atoms with van der Waals surface area (Å²) in [5.41, 5.74) is 4.48. The fourth-order valence-electron chi connectivity index (χ4n) is 9.37. The molecule has 0 aliphatic carbocycles. The van der Waals surface area contributed by atoms with E-state index in [0.29, 0.717) is 90.4 Å². The van der Waals surface area contributed by atoms with Gasteiger partial charge in [-0.2, -0.15) is 5.10 Å². The lowest BCUT2D eigenvalue weighted by Crippen LogP contribution is -2.63. The zero-order valence-electron chi connectivity index (χ0n) is 35.3. The molecule has 4 aliphatic heterocycles. The second-order valence-electron chi connectivity index (χ2n) is 17.2. The van der Waals surface area contributed by atoms with Crippen LogP contribution in [0.2, 0.25) is 0 Å². The van der Waals surface area contributed by atoms with Gasteiger partial charge in [0.05, 0.1) is 47.1 Å². The maximum absolute atomic E-state index is 15.3. The number of carbonyl (C=O) groups excluding carboxylic acids is 4. The monoisotopic (exact) mass is 848 g/mol. The van der Waals surface area contributed by atoms with Crippen molar-refractivity contribution in [2.75, 3.05) is 50.1 Å². The Kier molecular flexibility index (Phi) is 11.0. The van der Waals surface area contributed by atoms with Crippen LogP contribution in [0.15, 0.2) is 48.7 Å². The molecule has 2 aromatic carbocycles. The SMILES string of the molecule is Cc1cc2cc(n1)-c1cnn(C)c1OCCC[C@@H](C)Cn1c(nc3ccc(C(=O)N(C)C4CN(C5CCN(c6cc(F)c([C@H]7CCC(=O)NC7=O)c(F)c6)CC5)C4)cc31)NC2=O. The second-order valence-corrected chi connectivity index (χ2v) is 17.2. The van der Waals surface area contributed by atoms with Crippen LogP contribution in [-0.4, -0.2) is 110 Å². The summed E-state index contributed by atoms with van der Waals surface area (Å²) >= 11 is 0. The number of anilines is 2. The Bertz CT molecular complexity index is 2570. The summed E-state index contributed by atoms with van der Waals surface area (Å²) in [7, 11) is 3.65. The maximum atomic E-state index is 15.3. The van der Waals surface area contributed by atoms with Gasteiger partial charge >= 0.3 is 0 Å². The average Bonchev–Trinajstić information content (AvgIpc) is 3.76. The number of hydrogen-bond acceptors (Lipinski definition) is 10. The number of piperidine rings is 2. The fraction of sp³-hybridized carbons (Fsp3) is 0.444. The van der Waals surface area contributed by atoms with E-state index in [2.05, 4.69) is 32.5 Å². The molecule has 3 aromatic heterocycles. The van der Waals surface area contributed by atoms with Crippen LogP contribution in [0.25, 0.3) is 22.3 Å². The first-order valence-corrected chi connectivity index (χ1v) is 21.4.